The minimum Gasteiger partial charge on any atom is -0.324 e. The maximum atomic E-state index is 13.2. The Kier molecular flexibility index (Phi) is 3.44. The van der Waals surface area contributed by atoms with Gasteiger partial charge in [0.25, 0.3) is 0 Å². The standard InChI is InChI=1S/C9H20F2NO/c1-8(2,3)13-9(10,11)7-12(4,5)6/h7H2,1-6H3/q+1. The average Bonchev–Trinajstić information content (AvgIpc) is 1.43. The van der Waals surface area contributed by atoms with Crippen molar-refractivity contribution in [1.82, 2.24) is 0 Å². The molecule has 0 saturated carbocycles. The smallest absolute Gasteiger partial charge is 0.324 e. The maximum absolute atomic E-state index is 13.2. The molecule has 80 valence electrons. The number of ether oxygens (including phenoxy) is 1. The zero-order valence-electron chi connectivity index (χ0n) is 9.32. The molecule has 0 rings (SSSR count). The van der Waals surface area contributed by atoms with E-state index in [4.69, 9.17) is 0 Å². The molecular weight excluding hydrogens is 176 g/mol. The lowest BCUT2D eigenvalue weighted by Crippen LogP contribution is -2.48. The zero-order valence-corrected chi connectivity index (χ0v) is 9.32. The van der Waals surface area contributed by atoms with Gasteiger partial charge in [-0.2, -0.15) is 8.78 Å². The Hall–Kier alpha value is -0.220. The lowest BCUT2D eigenvalue weighted by molar-refractivity contribution is -0.883. The van der Waals surface area contributed by atoms with Crippen LogP contribution in [0.1, 0.15) is 20.8 Å². The molecule has 0 atom stereocenters. The monoisotopic (exact) mass is 196 g/mol. The molecule has 0 aromatic carbocycles. The first-order valence-electron chi connectivity index (χ1n) is 4.30. The zero-order chi connectivity index (χ0) is 10.9. The second-order valence-corrected chi connectivity index (χ2v) is 5.30. The summed E-state index contributed by atoms with van der Waals surface area (Å²) in [5.41, 5.74) is -0.807. The van der Waals surface area contributed by atoms with Gasteiger partial charge >= 0.3 is 6.11 Å². The van der Waals surface area contributed by atoms with E-state index in [1.54, 1.807) is 41.9 Å². The summed E-state index contributed by atoms with van der Waals surface area (Å²) < 4.78 is 31.2. The third-order valence-electron chi connectivity index (χ3n) is 1.11. The highest BCUT2D eigenvalue weighted by Gasteiger charge is 2.40. The van der Waals surface area contributed by atoms with Gasteiger partial charge in [-0.15, -0.1) is 0 Å². The van der Waals surface area contributed by atoms with Gasteiger partial charge in [0.1, 0.15) is 0 Å². The first-order chi connectivity index (χ1) is 5.41. The molecule has 0 bridgehead atoms. The normalized spacial score (nSPS) is 14.8. The molecule has 0 aliphatic heterocycles. The number of rotatable bonds is 3. The number of hydrogen-bond acceptors (Lipinski definition) is 1. The van der Waals surface area contributed by atoms with Gasteiger partial charge < -0.3 is 9.22 Å². The topological polar surface area (TPSA) is 9.23 Å². The highest BCUT2D eigenvalue weighted by molar-refractivity contribution is 4.63. The van der Waals surface area contributed by atoms with Crippen LogP contribution in [0.15, 0.2) is 0 Å². The minimum absolute atomic E-state index is 0.184. The summed E-state index contributed by atoms with van der Waals surface area (Å²) in [6.45, 7) is 4.55. The Morgan fingerprint density at radius 1 is 1.08 bits per heavy atom. The van der Waals surface area contributed by atoms with Crippen LogP contribution in [0.4, 0.5) is 8.78 Å². The summed E-state index contributed by atoms with van der Waals surface area (Å²) in [6.07, 6.45) is -3.06. The lowest BCUT2D eigenvalue weighted by atomic mass is 10.2. The van der Waals surface area contributed by atoms with E-state index in [9.17, 15) is 8.78 Å². The van der Waals surface area contributed by atoms with Crippen LogP contribution in [0.5, 0.6) is 0 Å². The molecule has 13 heavy (non-hydrogen) atoms. The Balaban J connectivity index is 4.25. The lowest BCUT2D eigenvalue weighted by Gasteiger charge is -2.32. The molecule has 0 unspecified atom stereocenters. The summed E-state index contributed by atoms with van der Waals surface area (Å²) in [4.78, 5) is 0. The van der Waals surface area contributed by atoms with E-state index in [0.717, 1.165) is 0 Å². The Morgan fingerprint density at radius 3 is 1.69 bits per heavy atom. The highest BCUT2D eigenvalue weighted by Crippen LogP contribution is 2.25. The number of halogens is 2. The van der Waals surface area contributed by atoms with Gasteiger partial charge in [0.2, 0.25) is 0 Å². The van der Waals surface area contributed by atoms with Crippen LogP contribution in [0.2, 0.25) is 0 Å². The van der Waals surface area contributed by atoms with Crippen molar-refractivity contribution >= 4 is 0 Å². The van der Waals surface area contributed by atoms with E-state index in [1.807, 2.05) is 0 Å². The molecule has 0 heterocycles. The van der Waals surface area contributed by atoms with Crippen LogP contribution in [-0.4, -0.2) is 43.9 Å². The van der Waals surface area contributed by atoms with Crippen LogP contribution >= 0.6 is 0 Å². The molecule has 0 N–H and O–H groups in total. The Morgan fingerprint density at radius 2 is 1.46 bits per heavy atom. The van der Waals surface area contributed by atoms with E-state index in [-0.39, 0.29) is 11.0 Å². The Labute approximate surface area is 79.1 Å². The first kappa shape index (κ1) is 12.8. The molecule has 0 saturated heterocycles. The third-order valence-corrected chi connectivity index (χ3v) is 1.11. The van der Waals surface area contributed by atoms with E-state index < -0.39 is 11.7 Å². The van der Waals surface area contributed by atoms with Crippen LogP contribution in [0.3, 0.4) is 0 Å². The van der Waals surface area contributed by atoms with Gasteiger partial charge in [0.05, 0.1) is 26.7 Å². The summed E-state index contributed by atoms with van der Waals surface area (Å²) in [5, 5.41) is 0. The van der Waals surface area contributed by atoms with E-state index >= 15 is 0 Å². The first-order valence-corrected chi connectivity index (χ1v) is 4.30. The highest BCUT2D eigenvalue weighted by atomic mass is 19.3. The number of nitrogens with zero attached hydrogens (tertiary/aromatic N) is 1. The van der Waals surface area contributed by atoms with E-state index in [2.05, 4.69) is 4.74 Å². The Bertz CT molecular complexity index is 149. The summed E-state index contributed by atoms with van der Waals surface area (Å²) in [5.74, 6) is 0. The second-order valence-electron chi connectivity index (χ2n) is 5.30. The molecule has 0 aromatic heterocycles. The van der Waals surface area contributed by atoms with Crippen molar-refractivity contribution in [2.75, 3.05) is 27.7 Å². The number of alkyl halides is 2. The molecular formula is C9H20F2NO+. The average molecular weight is 196 g/mol. The van der Waals surface area contributed by atoms with E-state index in [0.29, 0.717) is 0 Å². The largest absolute Gasteiger partial charge is 0.405 e. The molecule has 0 amide bonds. The molecule has 4 heteroatoms. The third kappa shape index (κ3) is 8.12. The van der Waals surface area contributed by atoms with Crippen LogP contribution < -0.4 is 0 Å². The van der Waals surface area contributed by atoms with Crippen molar-refractivity contribution in [2.24, 2.45) is 0 Å². The maximum Gasteiger partial charge on any atom is 0.405 e. The summed E-state index contributed by atoms with van der Waals surface area (Å²) in [7, 11) is 5.12. The molecule has 0 fully saturated rings. The quantitative estimate of drug-likeness (QED) is 0.628. The van der Waals surface area contributed by atoms with Crippen LogP contribution in [-0.2, 0) is 4.74 Å². The predicted molar refractivity (Wildman–Crippen MR) is 48.7 cm³/mol. The molecule has 0 aliphatic rings. The molecule has 0 radical (unpaired) electrons. The fourth-order valence-corrected chi connectivity index (χ4v) is 1.03. The predicted octanol–water partition coefficient (Wildman–Crippen LogP) is 2.10. The van der Waals surface area contributed by atoms with E-state index in [1.165, 1.54) is 0 Å². The van der Waals surface area contributed by atoms with Crippen molar-refractivity contribution in [3.63, 3.8) is 0 Å². The van der Waals surface area contributed by atoms with Crippen molar-refractivity contribution in [3.05, 3.63) is 0 Å². The fraction of sp³-hybridized carbons (Fsp3) is 1.00. The molecule has 0 aromatic rings. The van der Waals surface area contributed by atoms with Gasteiger partial charge in [-0.3, -0.25) is 0 Å². The van der Waals surface area contributed by atoms with Gasteiger partial charge in [-0.05, 0) is 20.8 Å². The van der Waals surface area contributed by atoms with Crippen molar-refractivity contribution < 1.29 is 18.0 Å². The molecule has 0 aliphatic carbocycles. The number of likely N-dealkylation sites (N-methyl/N-ethyl adjacent to an activating group) is 1. The SMILES string of the molecule is CC(C)(C)OC(F)(F)C[N+](C)(C)C. The van der Waals surface area contributed by atoms with Crippen molar-refractivity contribution in [2.45, 2.75) is 32.5 Å². The molecule has 2 nitrogen and oxygen atoms in total. The second kappa shape index (κ2) is 3.50. The van der Waals surface area contributed by atoms with Crippen molar-refractivity contribution in [3.8, 4) is 0 Å². The summed E-state index contributed by atoms with van der Waals surface area (Å²) in [6, 6.07) is 0. The minimum atomic E-state index is -3.06. The molecule has 0 spiro atoms. The van der Waals surface area contributed by atoms with Crippen LogP contribution in [0, 0.1) is 0 Å². The number of quaternary nitrogens is 1. The fourth-order valence-electron chi connectivity index (χ4n) is 1.03. The van der Waals surface area contributed by atoms with Gasteiger partial charge in [0.15, 0.2) is 6.54 Å². The van der Waals surface area contributed by atoms with Gasteiger partial charge in [-0.1, -0.05) is 0 Å². The van der Waals surface area contributed by atoms with Crippen molar-refractivity contribution in [1.29, 1.82) is 0 Å². The van der Waals surface area contributed by atoms with Gasteiger partial charge in [-0.25, -0.2) is 0 Å². The number of hydrogen-bond donors (Lipinski definition) is 0. The summed E-state index contributed by atoms with van der Waals surface area (Å²) >= 11 is 0. The van der Waals surface area contributed by atoms with Crippen LogP contribution in [0.25, 0.3) is 0 Å². The van der Waals surface area contributed by atoms with Gasteiger partial charge in [0, 0.05) is 0 Å².